The van der Waals surface area contributed by atoms with Crippen molar-refractivity contribution in [2.75, 3.05) is 46.7 Å². The maximum absolute atomic E-state index is 5.54. The van der Waals surface area contributed by atoms with Gasteiger partial charge >= 0.3 is 0 Å². The van der Waals surface area contributed by atoms with E-state index in [-0.39, 0.29) is 29.4 Å². The number of nitrogens with one attached hydrogen (secondary N) is 1. The summed E-state index contributed by atoms with van der Waals surface area (Å²) in [6, 6.07) is 6.19. The molecule has 3 rings (SSSR count). The molecule has 7 heteroatoms. The third kappa shape index (κ3) is 6.64. The summed E-state index contributed by atoms with van der Waals surface area (Å²) in [5.41, 5.74) is 1.12. The molecule has 29 heavy (non-hydrogen) atoms. The lowest BCUT2D eigenvalue weighted by atomic mass is 9.84. The van der Waals surface area contributed by atoms with Gasteiger partial charge in [0.05, 0.1) is 6.54 Å². The number of benzene rings is 1. The molecule has 2 aliphatic heterocycles. The first-order chi connectivity index (χ1) is 13.5. The Hall–Kier alpha value is -1.22. The van der Waals surface area contributed by atoms with Gasteiger partial charge in [0, 0.05) is 38.8 Å². The molecule has 1 saturated heterocycles. The van der Waals surface area contributed by atoms with Crippen LogP contribution in [-0.4, -0.2) is 57.5 Å². The van der Waals surface area contributed by atoms with Crippen LogP contribution in [0, 0.1) is 5.92 Å². The average Bonchev–Trinajstić information content (AvgIpc) is 3.18. The highest BCUT2D eigenvalue weighted by atomic mass is 127. The van der Waals surface area contributed by atoms with Crippen molar-refractivity contribution in [1.82, 2.24) is 10.2 Å². The first-order valence-electron chi connectivity index (χ1n) is 10.5. The number of nitrogens with zero attached hydrogens (tertiary/aromatic N) is 2. The Labute approximate surface area is 192 Å². The zero-order valence-corrected chi connectivity index (χ0v) is 20.5. The molecule has 0 radical (unpaired) electrons. The summed E-state index contributed by atoms with van der Waals surface area (Å²) in [6.45, 7) is 11.3. The van der Waals surface area contributed by atoms with Gasteiger partial charge in [-0.15, -0.1) is 24.0 Å². The van der Waals surface area contributed by atoms with Crippen LogP contribution in [-0.2, 0) is 10.2 Å². The molecule has 1 N–H and O–H groups in total. The summed E-state index contributed by atoms with van der Waals surface area (Å²) >= 11 is 0. The highest BCUT2D eigenvalue weighted by molar-refractivity contribution is 14.0. The van der Waals surface area contributed by atoms with Crippen molar-refractivity contribution in [3.8, 4) is 11.5 Å². The highest BCUT2D eigenvalue weighted by Gasteiger charge is 2.24. The number of halogens is 1. The maximum Gasteiger partial charge on any atom is 0.231 e. The first kappa shape index (κ1) is 24.1. The number of fused-ring (bicyclic) bond motifs is 1. The van der Waals surface area contributed by atoms with Crippen LogP contribution in [0.5, 0.6) is 11.5 Å². The monoisotopic (exact) mass is 517 g/mol. The van der Waals surface area contributed by atoms with E-state index >= 15 is 0 Å². The van der Waals surface area contributed by atoms with Crippen molar-refractivity contribution in [2.45, 2.75) is 45.4 Å². The highest BCUT2D eigenvalue weighted by Crippen LogP contribution is 2.36. The number of hydrogen-bond acceptors (Lipinski definition) is 4. The van der Waals surface area contributed by atoms with E-state index in [1.165, 1.54) is 24.8 Å². The van der Waals surface area contributed by atoms with E-state index in [1.807, 2.05) is 6.07 Å². The van der Waals surface area contributed by atoms with Gasteiger partial charge in [-0.2, -0.15) is 0 Å². The lowest BCUT2D eigenvalue weighted by Gasteiger charge is -2.28. The molecule has 2 aliphatic rings. The van der Waals surface area contributed by atoms with Gasteiger partial charge in [0.25, 0.3) is 0 Å². The standard InChI is InChI=1S/C22H35N3O3.HI/c1-5-23-21(25(4)11-8-17-9-12-26-13-10-17)24-15-22(2,3)18-6-7-19-20(14-18)28-16-27-19;/h6-7,14,17H,5,8-13,15-16H2,1-4H3,(H,23,24);1H. The summed E-state index contributed by atoms with van der Waals surface area (Å²) in [7, 11) is 2.13. The Kier molecular flexibility index (Phi) is 9.33. The van der Waals surface area contributed by atoms with E-state index in [1.54, 1.807) is 0 Å². The van der Waals surface area contributed by atoms with Crippen LogP contribution >= 0.6 is 24.0 Å². The second-order valence-corrected chi connectivity index (χ2v) is 8.39. The number of guanidine groups is 1. The van der Waals surface area contributed by atoms with Crippen molar-refractivity contribution < 1.29 is 14.2 Å². The van der Waals surface area contributed by atoms with Crippen LogP contribution in [0.3, 0.4) is 0 Å². The van der Waals surface area contributed by atoms with E-state index in [0.717, 1.165) is 49.7 Å². The van der Waals surface area contributed by atoms with Crippen molar-refractivity contribution in [1.29, 1.82) is 0 Å². The molecule has 1 fully saturated rings. The number of hydrogen-bond donors (Lipinski definition) is 1. The average molecular weight is 517 g/mol. The second kappa shape index (κ2) is 11.2. The minimum absolute atomic E-state index is 0. The van der Waals surface area contributed by atoms with Crippen LogP contribution in [0.25, 0.3) is 0 Å². The summed E-state index contributed by atoms with van der Waals surface area (Å²) < 4.78 is 16.4. The summed E-state index contributed by atoms with van der Waals surface area (Å²) in [6.07, 6.45) is 3.55. The number of aliphatic imine (C=N–C) groups is 1. The quantitative estimate of drug-likeness (QED) is 0.337. The summed E-state index contributed by atoms with van der Waals surface area (Å²) in [4.78, 5) is 7.21. The van der Waals surface area contributed by atoms with Crippen LogP contribution in [0.1, 0.15) is 45.6 Å². The lowest BCUT2D eigenvalue weighted by Crippen LogP contribution is -2.41. The SMILES string of the molecule is CCNC(=NCC(C)(C)c1ccc2c(c1)OCO2)N(C)CCC1CCOCC1.I. The minimum Gasteiger partial charge on any atom is -0.454 e. The van der Waals surface area contributed by atoms with Crippen molar-refractivity contribution in [3.63, 3.8) is 0 Å². The second-order valence-electron chi connectivity index (χ2n) is 8.39. The van der Waals surface area contributed by atoms with Crippen molar-refractivity contribution >= 4 is 29.9 Å². The predicted molar refractivity (Wildman–Crippen MR) is 128 cm³/mol. The normalized spacial score (nSPS) is 17.0. The fraction of sp³-hybridized carbons (Fsp3) is 0.682. The van der Waals surface area contributed by atoms with Gasteiger partial charge in [0.1, 0.15) is 0 Å². The molecule has 164 valence electrons. The summed E-state index contributed by atoms with van der Waals surface area (Å²) in [5, 5.41) is 3.44. The van der Waals surface area contributed by atoms with Gasteiger partial charge in [-0.05, 0) is 49.8 Å². The van der Waals surface area contributed by atoms with Crippen molar-refractivity contribution in [3.05, 3.63) is 23.8 Å². The molecule has 0 amide bonds. The van der Waals surface area contributed by atoms with E-state index in [2.05, 4.69) is 50.2 Å². The van der Waals surface area contributed by atoms with Gasteiger partial charge in [0.2, 0.25) is 6.79 Å². The third-order valence-electron chi connectivity index (χ3n) is 5.69. The van der Waals surface area contributed by atoms with E-state index < -0.39 is 0 Å². The Morgan fingerprint density at radius 1 is 1.21 bits per heavy atom. The number of rotatable bonds is 7. The van der Waals surface area contributed by atoms with Crippen LogP contribution in [0.15, 0.2) is 23.2 Å². The zero-order chi connectivity index (χ0) is 20.0. The molecule has 1 aromatic rings. The van der Waals surface area contributed by atoms with E-state index in [4.69, 9.17) is 19.2 Å². The molecule has 0 aliphatic carbocycles. The third-order valence-corrected chi connectivity index (χ3v) is 5.69. The molecule has 0 unspecified atom stereocenters. The molecular weight excluding hydrogens is 481 g/mol. The summed E-state index contributed by atoms with van der Waals surface area (Å²) in [5.74, 6) is 3.40. The fourth-order valence-corrected chi connectivity index (χ4v) is 3.67. The maximum atomic E-state index is 5.54. The van der Waals surface area contributed by atoms with Gasteiger partial charge in [-0.3, -0.25) is 4.99 Å². The molecule has 0 atom stereocenters. The Morgan fingerprint density at radius 2 is 1.93 bits per heavy atom. The van der Waals surface area contributed by atoms with Gasteiger partial charge in [0.15, 0.2) is 17.5 Å². The molecule has 0 spiro atoms. The van der Waals surface area contributed by atoms with Crippen LogP contribution < -0.4 is 14.8 Å². The van der Waals surface area contributed by atoms with Crippen molar-refractivity contribution in [2.24, 2.45) is 10.9 Å². The molecular formula is C22H36IN3O3. The largest absolute Gasteiger partial charge is 0.454 e. The molecule has 6 nitrogen and oxygen atoms in total. The molecule has 0 saturated carbocycles. The van der Waals surface area contributed by atoms with E-state index in [0.29, 0.717) is 13.3 Å². The zero-order valence-electron chi connectivity index (χ0n) is 18.2. The smallest absolute Gasteiger partial charge is 0.231 e. The lowest BCUT2D eigenvalue weighted by molar-refractivity contribution is 0.0625. The molecule has 2 heterocycles. The Morgan fingerprint density at radius 3 is 2.66 bits per heavy atom. The van der Waals surface area contributed by atoms with Gasteiger partial charge < -0.3 is 24.4 Å². The van der Waals surface area contributed by atoms with Gasteiger partial charge in [-0.1, -0.05) is 19.9 Å². The van der Waals surface area contributed by atoms with Gasteiger partial charge in [-0.25, -0.2) is 0 Å². The first-order valence-corrected chi connectivity index (χ1v) is 10.5. The molecule has 0 aromatic heterocycles. The Balaban J connectivity index is 0.00000300. The van der Waals surface area contributed by atoms with Crippen LogP contribution in [0.2, 0.25) is 0 Å². The molecule has 1 aromatic carbocycles. The van der Waals surface area contributed by atoms with Crippen LogP contribution in [0.4, 0.5) is 0 Å². The Bertz CT molecular complexity index is 675. The number of ether oxygens (including phenoxy) is 3. The fourth-order valence-electron chi connectivity index (χ4n) is 3.67. The topological polar surface area (TPSA) is 55.3 Å². The predicted octanol–water partition coefficient (Wildman–Crippen LogP) is 4.02. The molecule has 0 bridgehead atoms. The minimum atomic E-state index is -0.0940. The van der Waals surface area contributed by atoms with E-state index in [9.17, 15) is 0 Å².